The highest BCUT2D eigenvalue weighted by atomic mass is 16.3. The molecule has 1 saturated heterocycles. The van der Waals surface area contributed by atoms with Crippen molar-refractivity contribution in [3.05, 3.63) is 35.5 Å². The average molecular weight is 326 g/mol. The number of rotatable bonds is 2. The van der Waals surface area contributed by atoms with Crippen LogP contribution in [0.2, 0.25) is 0 Å². The summed E-state index contributed by atoms with van der Waals surface area (Å²) in [5, 5.41) is 6.73. The number of H-pyrrole nitrogens is 1. The van der Waals surface area contributed by atoms with E-state index in [0.717, 1.165) is 24.2 Å². The van der Waals surface area contributed by atoms with Crippen LogP contribution in [-0.2, 0) is 0 Å². The van der Waals surface area contributed by atoms with Crippen molar-refractivity contribution in [1.82, 2.24) is 25.1 Å². The highest BCUT2D eigenvalue weighted by Gasteiger charge is 2.26. The Labute approximate surface area is 138 Å². The molecule has 0 aliphatic carbocycles. The zero-order valence-electron chi connectivity index (χ0n) is 13.3. The molecule has 1 fully saturated rings. The lowest BCUT2D eigenvalue weighted by Crippen LogP contribution is -2.38. The summed E-state index contributed by atoms with van der Waals surface area (Å²) in [6.45, 7) is 3.15. The summed E-state index contributed by atoms with van der Waals surface area (Å²) < 4.78 is 5.51. The summed E-state index contributed by atoms with van der Waals surface area (Å²) in [5.41, 5.74) is 7.59. The van der Waals surface area contributed by atoms with Crippen molar-refractivity contribution < 1.29 is 9.21 Å². The number of amides is 1. The molecule has 1 amide bonds. The molecule has 3 heterocycles. The van der Waals surface area contributed by atoms with Gasteiger partial charge in [-0.25, -0.2) is 4.98 Å². The van der Waals surface area contributed by atoms with E-state index in [2.05, 4.69) is 20.2 Å². The molecule has 1 aromatic carbocycles. The first-order valence-electron chi connectivity index (χ1n) is 7.94. The van der Waals surface area contributed by atoms with E-state index in [0.29, 0.717) is 30.1 Å². The molecular formula is C16H18N6O2. The number of oxazole rings is 1. The normalized spacial score (nSPS) is 16.0. The van der Waals surface area contributed by atoms with Crippen LogP contribution in [0.3, 0.4) is 0 Å². The van der Waals surface area contributed by atoms with E-state index >= 15 is 0 Å². The Kier molecular flexibility index (Phi) is 3.44. The van der Waals surface area contributed by atoms with E-state index in [4.69, 9.17) is 10.2 Å². The first-order chi connectivity index (χ1) is 11.6. The van der Waals surface area contributed by atoms with Gasteiger partial charge >= 0.3 is 0 Å². The van der Waals surface area contributed by atoms with Crippen LogP contribution in [0.5, 0.6) is 0 Å². The number of nitrogens with zero attached hydrogens (tertiary/aromatic N) is 4. The zero-order valence-corrected chi connectivity index (χ0v) is 13.3. The summed E-state index contributed by atoms with van der Waals surface area (Å²) >= 11 is 0. The summed E-state index contributed by atoms with van der Waals surface area (Å²) in [5.74, 6) is 1.94. The van der Waals surface area contributed by atoms with Gasteiger partial charge in [-0.05, 0) is 31.0 Å². The van der Waals surface area contributed by atoms with Crippen LogP contribution in [0.15, 0.2) is 22.6 Å². The number of aromatic nitrogens is 4. The fourth-order valence-electron chi connectivity index (χ4n) is 3.18. The third-order valence-corrected chi connectivity index (χ3v) is 4.43. The number of likely N-dealkylation sites (tertiary alicyclic amines) is 1. The Balaban J connectivity index is 1.47. The monoisotopic (exact) mass is 326 g/mol. The van der Waals surface area contributed by atoms with Gasteiger partial charge in [-0.2, -0.15) is 4.98 Å². The number of benzene rings is 1. The zero-order chi connectivity index (χ0) is 16.7. The van der Waals surface area contributed by atoms with Crippen molar-refractivity contribution in [1.29, 1.82) is 0 Å². The minimum atomic E-state index is 0.0153. The second-order valence-electron chi connectivity index (χ2n) is 6.06. The average Bonchev–Trinajstić information content (AvgIpc) is 3.18. The highest BCUT2D eigenvalue weighted by Crippen LogP contribution is 2.27. The molecule has 0 radical (unpaired) electrons. The summed E-state index contributed by atoms with van der Waals surface area (Å²) in [7, 11) is 0. The van der Waals surface area contributed by atoms with Crippen LogP contribution < -0.4 is 5.73 Å². The van der Waals surface area contributed by atoms with E-state index in [1.54, 1.807) is 19.1 Å². The molecule has 4 rings (SSSR count). The topological polar surface area (TPSA) is 114 Å². The standard InChI is InChI=1S/C16H18N6O2/c1-9-18-12-3-2-11(8-13(12)24-9)15(23)22-6-4-10(5-7-22)14-19-16(17)21-20-14/h2-3,8,10H,4-7H2,1H3,(H3,17,19,20,21). The lowest BCUT2D eigenvalue weighted by atomic mass is 9.95. The summed E-state index contributed by atoms with van der Waals surface area (Å²) in [4.78, 5) is 23.0. The number of carbonyl (C=O) groups excluding carboxylic acids is 1. The molecule has 8 nitrogen and oxygen atoms in total. The molecule has 0 bridgehead atoms. The molecular weight excluding hydrogens is 308 g/mol. The lowest BCUT2D eigenvalue weighted by Gasteiger charge is -2.31. The van der Waals surface area contributed by atoms with Crippen molar-refractivity contribution >= 4 is 23.0 Å². The van der Waals surface area contributed by atoms with Crippen LogP contribution in [0, 0.1) is 6.92 Å². The number of anilines is 1. The highest BCUT2D eigenvalue weighted by molar-refractivity contribution is 5.97. The number of aryl methyl sites for hydroxylation is 1. The van der Waals surface area contributed by atoms with Crippen molar-refractivity contribution in [3.8, 4) is 0 Å². The maximum Gasteiger partial charge on any atom is 0.253 e. The fraction of sp³-hybridized carbons (Fsp3) is 0.375. The van der Waals surface area contributed by atoms with Crippen molar-refractivity contribution in [2.45, 2.75) is 25.7 Å². The van der Waals surface area contributed by atoms with Crippen molar-refractivity contribution in [2.24, 2.45) is 0 Å². The molecule has 2 aromatic heterocycles. The summed E-state index contributed by atoms with van der Waals surface area (Å²) in [6.07, 6.45) is 1.67. The van der Waals surface area contributed by atoms with Crippen LogP contribution in [0.1, 0.15) is 40.8 Å². The molecule has 3 aromatic rings. The maximum absolute atomic E-state index is 12.7. The molecule has 1 aliphatic rings. The first-order valence-corrected chi connectivity index (χ1v) is 7.94. The van der Waals surface area contributed by atoms with Gasteiger partial charge in [0.25, 0.3) is 5.91 Å². The van der Waals surface area contributed by atoms with E-state index in [-0.39, 0.29) is 17.8 Å². The number of carbonyl (C=O) groups is 1. The second-order valence-corrected chi connectivity index (χ2v) is 6.06. The van der Waals surface area contributed by atoms with Gasteiger partial charge in [0.05, 0.1) is 0 Å². The van der Waals surface area contributed by atoms with Gasteiger partial charge in [0, 0.05) is 31.5 Å². The number of piperidine rings is 1. The number of nitrogen functional groups attached to an aromatic ring is 1. The van der Waals surface area contributed by atoms with E-state index in [1.807, 2.05) is 11.0 Å². The van der Waals surface area contributed by atoms with Gasteiger partial charge in [-0.15, -0.1) is 5.10 Å². The Morgan fingerprint density at radius 2 is 2.12 bits per heavy atom. The minimum absolute atomic E-state index is 0.0153. The van der Waals surface area contributed by atoms with Gasteiger partial charge < -0.3 is 15.1 Å². The van der Waals surface area contributed by atoms with E-state index in [9.17, 15) is 4.79 Å². The third kappa shape index (κ3) is 2.60. The van der Waals surface area contributed by atoms with Gasteiger partial charge in [-0.1, -0.05) is 0 Å². The van der Waals surface area contributed by atoms with Crippen LogP contribution in [-0.4, -0.2) is 44.1 Å². The van der Waals surface area contributed by atoms with Gasteiger partial charge in [0.2, 0.25) is 5.95 Å². The Morgan fingerprint density at radius 3 is 2.83 bits per heavy atom. The number of nitrogens with two attached hydrogens (primary N) is 1. The van der Waals surface area contributed by atoms with Crippen LogP contribution >= 0.6 is 0 Å². The molecule has 124 valence electrons. The van der Waals surface area contributed by atoms with Crippen molar-refractivity contribution in [3.63, 3.8) is 0 Å². The lowest BCUT2D eigenvalue weighted by molar-refractivity contribution is 0.0711. The quantitative estimate of drug-likeness (QED) is 0.743. The predicted molar refractivity (Wildman–Crippen MR) is 87.4 cm³/mol. The SMILES string of the molecule is Cc1nc2ccc(C(=O)N3CCC(c4nc(N)n[nH]4)CC3)cc2o1. The molecule has 1 aliphatic heterocycles. The molecule has 0 spiro atoms. The Bertz CT molecular complexity index is 891. The van der Waals surface area contributed by atoms with Gasteiger partial charge in [0.1, 0.15) is 11.3 Å². The van der Waals surface area contributed by atoms with Crippen LogP contribution in [0.4, 0.5) is 5.95 Å². The third-order valence-electron chi connectivity index (χ3n) is 4.43. The Hall–Kier alpha value is -2.90. The first kappa shape index (κ1) is 14.7. The van der Waals surface area contributed by atoms with Crippen molar-refractivity contribution in [2.75, 3.05) is 18.8 Å². The fourth-order valence-corrected chi connectivity index (χ4v) is 3.18. The number of aromatic amines is 1. The maximum atomic E-state index is 12.7. The molecule has 0 saturated carbocycles. The van der Waals surface area contributed by atoms with Gasteiger partial charge in [0.15, 0.2) is 11.5 Å². The van der Waals surface area contributed by atoms with E-state index in [1.165, 1.54) is 0 Å². The number of hydrogen-bond acceptors (Lipinski definition) is 6. The molecule has 0 atom stereocenters. The van der Waals surface area contributed by atoms with Crippen LogP contribution in [0.25, 0.3) is 11.1 Å². The second kappa shape index (κ2) is 5.63. The minimum Gasteiger partial charge on any atom is -0.441 e. The predicted octanol–water partition coefficient (Wildman–Crippen LogP) is 1.86. The van der Waals surface area contributed by atoms with Gasteiger partial charge in [-0.3, -0.25) is 9.89 Å². The number of hydrogen-bond donors (Lipinski definition) is 2. The smallest absolute Gasteiger partial charge is 0.253 e. The molecule has 0 unspecified atom stereocenters. The molecule has 3 N–H and O–H groups in total. The number of nitrogens with one attached hydrogen (secondary N) is 1. The molecule has 8 heteroatoms. The number of fused-ring (bicyclic) bond motifs is 1. The van der Waals surface area contributed by atoms with E-state index < -0.39 is 0 Å². The Morgan fingerprint density at radius 1 is 1.33 bits per heavy atom. The summed E-state index contributed by atoms with van der Waals surface area (Å²) in [6, 6.07) is 5.39. The molecule has 24 heavy (non-hydrogen) atoms. The largest absolute Gasteiger partial charge is 0.441 e.